The number of ether oxygens (including phenoxy) is 2. The van der Waals surface area contributed by atoms with Gasteiger partial charge in [0.15, 0.2) is 0 Å². The third-order valence-electron chi connectivity index (χ3n) is 4.87. The fourth-order valence-corrected chi connectivity index (χ4v) is 3.05. The van der Waals surface area contributed by atoms with Crippen LogP contribution in [0, 0.1) is 0 Å². The number of allylic oxidation sites excluding steroid dienone is 8. The number of hydrogen-bond donors (Lipinski definition) is 0. The minimum atomic E-state index is -0.282. The van der Waals surface area contributed by atoms with Crippen molar-refractivity contribution in [1.29, 1.82) is 0 Å². The molecule has 0 radical (unpaired) electrons. The molecule has 0 aliphatic heterocycles. The third kappa shape index (κ3) is 6.66. The zero-order valence-corrected chi connectivity index (χ0v) is 18.4. The van der Waals surface area contributed by atoms with Gasteiger partial charge in [0.05, 0.1) is 14.2 Å². The van der Waals surface area contributed by atoms with E-state index in [-0.39, 0.29) is 23.1 Å². The van der Waals surface area contributed by atoms with E-state index in [1.807, 2.05) is 6.08 Å². The molecule has 0 heterocycles. The normalized spacial score (nSPS) is 16.0. The molecule has 0 saturated heterocycles. The van der Waals surface area contributed by atoms with Gasteiger partial charge < -0.3 is 9.47 Å². The maximum atomic E-state index is 12.6. The van der Waals surface area contributed by atoms with Crippen LogP contribution < -0.4 is 0 Å². The summed E-state index contributed by atoms with van der Waals surface area (Å²) in [6.07, 6.45) is 11.1. The smallest absolute Gasteiger partial charge is 0.228 e. The van der Waals surface area contributed by atoms with E-state index in [4.69, 9.17) is 9.47 Å². The first-order valence-corrected chi connectivity index (χ1v) is 9.78. The van der Waals surface area contributed by atoms with Gasteiger partial charge in [-0.2, -0.15) is 0 Å². The Kier molecular flexibility index (Phi) is 9.70. The SMILES string of the molecule is COC1=C(OC)C(=O)C([13CH2]/C=C(\C)CC/C=C(\C)CCC=C(C)C)=C(C)C1=O. The topological polar surface area (TPSA) is 52.6 Å². The van der Waals surface area contributed by atoms with Gasteiger partial charge in [0.25, 0.3) is 0 Å². The summed E-state index contributed by atoms with van der Waals surface area (Å²) in [6, 6.07) is 0. The largest absolute Gasteiger partial charge is 0.489 e. The molecule has 4 heteroatoms. The average Bonchev–Trinajstić information content (AvgIpc) is 2.64. The number of hydrogen-bond acceptors (Lipinski definition) is 4. The van der Waals surface area contributed by atoms with Crippen molar-refractivity contribution in [3.05, 3.63) is 57.6 Å². The summed E-state index contributed by atoms with van der Waals surface area (Å²) in [5, 5.41) is 0. The highest BCUT2D eigenvalue weighted by Crippen LogP contribution is 2.28. The van der Waals surface area contributed by atoms with E-state index < -0.39 is 0 Å². The van der Waals surface area contributed by atoms with Crippen LogP contribution in [0.3, 0.4) is 0 Å². The van der Waals surface area contributed by atoms with Crippen molar-refractivity contribution in [2.45, 2.75) is 66.7 Å². The number of carbonyl (C=O) groups excluding carboxylic acids is 2. The summed E-state index contributed by atoms with van der Waals surface area (Å²) < 4.78 is 10.2. The Morgan fingerprint density at radius 3 is 1.82 bits per heavy atom. The van der Waals surface area contributed by atoms with Crippen LogP contribution >= 0.6 is 0 Å². The average molecular weight is 388 g/mol. The summed E-state index contributed by atoms with van der Waals surface area (Å²) in [7, 11) is 2.75. The molecule has 1 rings (SSSR count). The molecular formula is C24H34O4. The highest BCUT2D eigenvalue weighted by molar-refractivity contribution is 6.23. The van der Waals surface area contributed by atoms with Gasteiger partial charge in [0, 0.05) is 11.1 Å². The quantitative estimate of drug-likeness (QED) is 0.271. The van der Waals surface area contributed by atoms with Crippen LogP contribution in [0.1, 0.15) is 66.7 Å². The van der Waals surface area contributed by atoms with Gasteiger partial charge in [-0.15, -0.1) is 0 Å². The van der Waals surface area contributed by atoms with Crippen molar-refractivity contribution >= 4 is 11.6 Å². The minimum Gasteiger partial charge on any atom is -0.489 e. The molecule has 0 aromatic rings. The standard InChI is InChI=1S/C24H34O4/c1-16(2)10-8-11-17(3)12-9-13-18(4)14-15-20-19(5)21(25)23(27-6)24(28-7)22(20)26/h10,12,14H,8-9,11,13,15H2,1-7H3/b17-12+,18-14+/i15+1. The van der Waals surface area contributed by atoms with Crippen molar-refractivity contribution in [3.63, 3.8) is 0 Å². The van der Waals surface area contributed by atoms with Crippen molar-refractivity contribution in [2.75, 3.05) is 14.2 Å². The first-order chi connectivity index (χ1) is 13.2. The van der Waals surface area contributed by atoms with Crippen LogP contribution in [0.25, 0.3) is 0 Å². The van der Waals surface area contributed by atoms with Crippen molar-refractivity contribution in [2.24, 2.45) is 0 Å². The lowest BCUT2D eigenvalue weighted by Gasteiger charge is -2.19. The number of carbonyl (C=O) groups is 2. The molecule has 0 amide bonds. The third-order valence-corrected chi connectivity index (χ3v) is 4.87. The van der Waals surface area contributed by atoms with E-state index in [0.717, 1.165) is 25.7 Å². The van der Waals surface area contributed by atoms with E-state index in [2.05, 4.69) is 39.8 Å². The Morgan fingerprint density at radius 1 is 0.786 bits per heavy atom. The molecule has 0 fully saturated rings. The van der Waals surface area contributed by atoms with E-state index in [9.17, 15) is 9.59 Å². The Hall–Kier alpha value is -2.36. The van der Waals surface area contributed by atoms with Crippen LogP contribution in [-0.2, 0) is 19.1 Å². The maximum absolute atomic E-state index is 12.6. The minimum absolute atomic E-state index is 0.00548. The van der Waals surface area contributed by atoms with Gasteiger partial charge in [-0.3, -0.25) is 9.59 Å². The van der Waals surface area contributed by atoms with E-state index in [1.54, 1.807) is 6.92 Å². The van der Waals surface area contributed by atoms with Crippen LogP contribution in [-0.4, -0.2) is 25.8 Å². The Morgan fingerprint density at radius 2 is 1.29 bits per heavy atom. The van der Waals surface area contributed by atoms with Crippen LogP contribution in [0.4, 0.5) is 0 Å². The van der Waals surface area contributed by atoms with Crippen molar-refractivity contribution < 1.29 is 19.1 Å². The lowest BCUT2D eigenvalue weighted by Crippen LogP contribution is -2.24. The van der Waals surface area contributed by atoms with Gasteiger partial charge >= 0.3 is 0 Å². The van der Waals surface area contributed by atoms with Crippen LogP contribution in [0.15, 0.2) is 57.6 Å². The molecular weight excluding hydrogens is 353 g/mol. The fourth-order valence-electron chi connectivity index (χ4n) is 3.05. The Balaban J connectivity index is 2.70. The van der Waals surface area contributed by atoms with E-state index in [1.165, 1.54) is 30.9 Å². The van der Waals surface area contributed by atoms with E-state index >= 15 is 0 Å². The maximum Gasteiger partial charge on any atom is 0.228 e. The predicted octanol–water partition coefficient (Wildman–Crippen LogP) is 5.77. The predicted molar refractivity (Wildman–Crippen MR) is 114 cm³/mol. The molecule has 0 saturated carbocycles. The molecule has 0 aromatic heterocycles. The van der Waals surface area contributed by atoms with Crippen LogP contribution in [0.2, 0.25) is 0 Å². The molecule has 0 unspecified atom stereocenters. The number of Topliss-reactive ketones (excluding diaryl/α,β-unsaturated/α-hetero) is 2. The molecule has 0 atom stereocenters. The molecule has 0 aromatic carbocycles. The van der Waals surface area contributed by atoms with Gasteiger partial charge in [0.1, 0.15) is 0 Å². The molecule has 0 spiro atoms. The van der Waals surface area contributed by atoms with Gasteiger partial charge in [0.2, 0.25) is 23.1 Å². The Bertz CT molecular complexity index is 753. The zero-order chi connectivity index (χ0) is 21.3. The number of methoxy groups -OCH3 is 2. The number of ketones is 2. The molecule has 28 heavy (non-hydrogen) atoms. The fraction of sp³-hybridized carbons (Fsp3) is 0.500. The van der Waals surface area contributed by atoms with Gasteiger partial charge in [-0.1, -0.05) is 34.9 Å². The summed E-state index contributed by atoms with van der Waals surface area (Å²) in [6.45, 7) is 10.1. The monoisotopic (exact) mass is 387 g/mol. The number of rotatable bonds is 10. The zero-order valence-electron chi connectivity index (χ0n) is 18.4. The molecule has 0 N–H and O–H groups in total. The van der Waals surface area contributed by atoms with Crippen molar-refractivity contribution in [3.8, 4) is 0 Å². The second-order valence-electron chi connectivity index (χ2n) is 7.49. The van der Waals surface area contributed by atoms with E-state index in [0.29, 0.717) is 17.6 Å². The first kappa shape index (κ1) is 23.7. The summed E-state index contributed by atoms with van der Waals surface area (Å²) in [5.41, 5.74) is 4.88. The summed E-state index contributed by atoms with van der Waals surface area (Å²) in [4.78, 5) is 25.0. The summed E-state index contributed by atoms with van der Waals surface area (Å²) >= 11 is 0. The van der Waals surface area contributed by atoms with Crippen molar-refractivity contribution in [1.82, 2.24) is 0 Å². The van der Waals surface area contributed by atoms with Crippen LogP contribution in [0.5, 0.6) is 0 Å². The lowest BCUT2D eigenvalue weighted by molar-refractivity contribution is -0.121. The molecule has 154 valence electrons. The Labute approximate surface area is 169 Å². The second-order valence-corrected chi connectivity index (χ2v) is 7.49. The molecule has 0 bridgehead atoms. The highest BCUT2D eigenvalue weighted by Gasteiger charge is 2.33. The van der Waals surface area contributed by atoms with Gasteiger partial charge in [-0.05, 0) is 66.7 Å². The summed E-state index contributed by atoms with van der Waals surface area (Å²) in [5.74, 6) is -0.567. The molecule has 1 aliphatic rings. The first-order valence-electron chi connectivity index (χ1n) is 9.78. The molecule has 1 aliphatic carbocycles. The van der Waals surface area contributed by atoms with Gasteiger partial charge in [-0.25, -0.2) is 0 Å². The second kappa shape index (κ2) is 11.5. The lowest BCUT2D eigenvalue weighted by atomic mass is 9.96. The highest BCUT2D eigenvalue weighted by atomic mass is 16.5. The molecule has 4 nitrogen and oxygen atoms in total.